The van der Waals surface area contributed by atoms with Crippen molar-refractivity contribution in [2.24, 2.45) is 4.99 Å². The number of hydrogen-bond acceptors (Lipinski definition) is 4. The van der Waals surface area contributed by atoms with Gasteiger partial charge in [-0.15, -0.1) is 0 Å². The third-order valence-electron chi connectivity index (χ3n) is 6.69. The molecule has 0 bridgehead atoms. The van der Waals surface area contributed by atoms with Crippen molar-refractivity contribution in [2.45, 2.75) is 43.8 Å². The van der Waals surface area contributed by atoms with Crippen LogP contribution in [0.5, 0.6) is 0 Å². The number of morpholine rings is 1. The molecular formula is C24H29ClN4O. The molecule has 5 nitrogen and oxygen atoms in total. The lowest BCUT2D eigenvalue weighted by molar-refractivity contribution is 0.00643. The van der Waals surface area contributed by atoms with E-state index in [0.717, 1.165) is 61.3 Å². The van der Waals surface area contributed by atoms with Crippen molar-refractivity contribution in [3.05, 3.63) is 59.1 Å². The molecule has 1 saturated heterocycles. The summed E-state index contributed by atoms with van der Waals surface area (Å²) in [6.45, 7) is 4.47. The lowest BCUT2D eigenvalue weighted by Crippen LogP contribution is -2.57. The molecule has 158 valence electrons. The van der Waals surface area contributed by atoms with E-state index in [1.54, 1.807) is 0 Å². The first kappa shape index (κ1) is 19.9. The van der Waals surface area contributed by atoms with Crippen LogP contribution in [0.1, 0.15) is 31.2 Å². The summed E-state index contributed by atoms with van der Waals surface area (Å²) in [5, 5.41) is 8.29. The van der Waals surface area contributed by atoms with Crippen molar-refractivity contribution in [3.63, 3.8) is 0 Å². The molecule has 2 aromatic carbocycles. The van der Waals surface area contributed by atoms with Crippen LogP contribution in [0.2, 0.25) is 5.02 Å². The number of ether oxygens (including phenoxy) is 1. The highest BCUT2D eigenvalue weighted by Gasteiger charge is 2.43. The Morgan fingerprint density at radius 1 is 1.03 bits per heavy atom. The molecular weight excluding hydrogens is 396 g/mol. The first-order valence-corrected chi connectivity index (χ1v) is 11.4. The Hall–Kier alpha value is -2.08. The molecule has 1 spiro atoms. The molecule has 2 aromatic rings. The van der Waals surface area contributed by atoms with Gasteiger partial charge in [0.15, 0.2) is 0 Å². The van der Waals surface area contributed by atoms with E-state index in [0.29, 0.717) is 12.6 Å². The molecule has 0 atom stereocenters. The lowest BCUT2D eigenvalue weighted by atomic mass is 9.76. The van der Waals surface area contributed by atoms with Crippen molar-refractivity contribution in [3.8, 4) is 0 Å². The van der Waals surface area contributed by atoms with Crippen molar-refractivity contribution in [1.82, 2.24) is 4.90 Å². The zero-order valence-corrected chi connectivity index (χ0v) is 18.0. The summed E-state index contributed by atoms with van der Waals surface area (Å²) in [6, 6.07) is 17.1. The van der Waals surface area contributed by atoms with Crippen molar-refractivity contribution in [2.75, 3.05) is 36.9 Å². The van der Waals surface area contributed by atoms with Gasteiger partial charge in [-0.1, -0.05) is 35.9 Å². The van der Waals surface area contributed by atoms with Gasteiger partial charge in [-0.05, 0) is 55.5 Å². The first-order chi connectivity index (χ1) is 14.7. The number of benzene rings is 2. The van der Waals surface area contributed by atoms with Crippen LogP contribution in [0.4, 0.5) is 11.4 Å². The van der Waals surface area contributed by atoms with E-state index in [1.165, 1.54) is 18.5 Å². The number of halogens is 1. The predicted molar refractivity (Wildman–Crippen MR) is 124 cm³/mol. The molecule has 1 aliphatic carbocycles. The smallest absolute Gasteiger partial charge is 0.127 e. The third kappa shape index (κ3) is 4.07. The summed E-state index contributed by atoms with van der Waals surface area (Å²) in [5.74, 6) is 1.06. The number of amidine groups is 1. The topological polar surface area (TPSA) is 48.9 Å². The maximum Gasteiger partial charge on any atom is 0.127 e. The van der Waals surface area contributed by atoms with Gasteiger partial charge < -0.3 is 15.4 Å². The SMILES string of the molecule is Clc1cccc(CN=C2Nc3ccccc3NC23CCC(N2CCOCC2)CC3)c1. The number of fused-ring (bicyclic) bond motifs is 1. The Kier molecular flexibility index (Phi) is 5.68. The molecule has 0 unspecified atom stereocenters. The summed E-state index contributed by atoms with van der Waals surface area (Å²) in [5.41, 5.74) is 3.27. The van der Waals surface area contributed by atoms with Gasteiger partial charge in [0.2, 0.25) is 0 Å². The summed E-state index contributed by atoms with van der Waals surface area (Å²) >= 11 is 6.18. The second kappa shape index (κ2) is 8.58. The summed E-state index contributed by atoms with van der Waals surface area (Å²) < 4.78 is 5.55. The second-order valence-corrected chi connectivity index (χ2v) is 8.99. The fraction of sp³-hybridized carbons (Fsp3) is 0.458. The predicted octanol–water partition coefficient (Wildman–Crippen LogP) is 4.79. The summed E-state index contributed by atoms with van der Waals surface area (Å²) in [7, 11) is 0. The van der Waals surface area contributed by atoms with Gasteiger partial charge in [0.05, 0.1) is 36.7 Å². The Bertz CT molecular complexity index is 917. The van der Waals surface area contributed by atoms with Crippen LogP contribution in [-0.2, 0) is 11.3 Å². The maximum absolute atomic E-state index is 6.18. The van der Waals surface area contributed by atoms with Crippen LogP contribution in [-0.4, -0.2) is 48.6 Å². The highest BCUT2D eigenvalue weighted by Crippen LogP contribution is 2.40. The van der Waals surface area contributed by atoms with Crippen molar-refractivity contribution in [1.29, 1.82) is 0 Å². The number of rotatable bonds is 3. The monoisotopic (exact) mass is 424 g/mol. The minimum absolute atomic E-state index is 0.129. The molecule has 2 aliphatic heterocycles. The molecule has 0 amide bonds. The summed E-state index contributed by atoms with van der Waals surface area (Å²) in [4.78, 5) is 7.67. The van der Waals surface area contributed by atoms with Crippen LogP contribution in [0, 0.1) is 0 Å². The standard InChI is InChI=1S/C24H29ClN4O/c25-19-5-3-4-18(16-19)17-26-23-24(28-22-7-2-1-6-21(22)27-23)10-8-20(9-11-24)29-12-14-30-15-13-29/h1-7,16,20,28H,8-15,17H2,(H,26,27). The number of hydrogen-bond donors (Lipinski definition) is 2. The van der Waals surface area contributed by atoms with Gasteiger partial charge >= 0.3 is 0 Å². The van der Waals surface area contributed by atoms with E-state index >= 15 is 0 Å². The maximum atomic E-state index is 6.18. The second-order valence-electron chi connectivity index (χ2n) is 8.55. The highest BCUT2D eigenvalue weighted by atomic mass is 35.5. The van der Waals surface area contributed by atoms with Crippen LogP contribution >= 0.6 is 11.6 Å². The number of aliphatic imine (C=N–C) groups is 1. The Balaban J connectivity index is 1.38. The lowest BCUT2D eigenvalue weighted by Gasteiger charge is -2.48. The van der Waals surface area contributed by atoms with Crippen LogP contribution in [0.25, 0.3) is 0 Å². The molecule has 3 aliphatic rings. The van der Waals surface area contributed by atoms with Crippen molar-refractivity contribution >= 4 is 28.8 Å². The number of nitrogens with one attached hydrogen (secondary N) is 2. The van der Waals surface area contributed by atoms with Gasteiger partial charge in [0.1, 0.15) is 5.84 Å². The van der Waals surface area contributed by atoms with E-state index in [4.69, 9.17) is 21.3 Å². The third-order valence-corrected chi connectivity index (χ3v) is 6.92. The highest BCUT2D eigenvalue weighted by molar-refractivity contribution is 6.30. The molecule has 6 heteroatoms. The van der Waals surface area contributed by atoms with E-state index in [2.05, 4.69) is 45.9 Å². The fourth-order valence-corrected chi connectivity index (χ4v) is 5.24. The van der Waals surface area contributed by atoms with Gasteiger partial charge in [-0.2, -0.15) is 0 Å². The molecule has 2 heterocycles. The average molecular weight is 425 g/mol. The number of para-hydroxylation sites is 2. The normalized spacial score (nSPS) is 28.0. The van der Waals surface area contributed by atoms with Crippen LogP contribution in [0.15, 0.2) is 53.5 Å². The summed E-state index contributed by atoms with van der Waals surface area (Å²) in [6.07, 6.45) is 4.50. The number of anilines is 2. The molecule has 0 aromatic heterocycles. The Morgan fingerprint density at radius 2 is 1.80 bits per heavy atom. The first-order valence-electron chi connectivity index (χ1n) is 11.0. The molecule has 2 N–H and O–H groups in total. The van der Waals surface area contributed by atoms with E-state index < -0.39 is 0 Å². The van der Waals surface area contributed by atoms with Gasteiger partial charge in [-0.3, -0.25) is 9.89 Å². The van der Waals surface area contributed by atoms with Crippen molar-refractivity contribution < 1.29 is 4.74 Å². The molecule has 1 saturated carbocycles. The molecule has 2 fully saturated rings. The largest absolute Gasteiger partial charge is 0.379 e. The molecule has 0 radical (unpaired) electrons. The minimum atomic E-state index is -0.129. The number of nitrogens with zero attached hydrogens (tertiary/aromatic N) is 2. The molecule has 30 heavy (non-hydrogen) atoms. The van der Waals surface area contributed by atoms with Crippen LogP contribution < -0.4 is 10.6 Å². The van der Waals surface area contributed by atoms with Gasteiger partial charge in [0, 0.05) is 24.2 Å². The van der Waals surface area contributed by atoms with E-state index in [-0.39, 0.29) is 5.54 Å². The van der Waals surface area contributed by atoms with Crippen LogP contribution in [0.3, 0.4) is 0 Å². The Morgan fingerprint density at radius 3 is 2.57 bits per heavy atom. The van der Waals surface area contributed by atoms with Gasteiger partial charge in [0.25, 0.3) is 0 Å². The van der Waals surface area contributed by atoms with Gasteiger partial charge in [-0.25, -0.2) is 0 Å². The Labute approximate surface area is 183 Å². The van der Waals surface area contributed by atoms with E-state index in [1.807, 2.05) is 18.2 Å². The van der Waals surface area contributed by atoms with E-state index in [9.17, 15) is 0 Å². The molecule has 5 rings (SSSR count). The average Bonchev–Trinajstić information content (AvgIpc) is 2.79. The minimum Gasteiger partial charge on any atom is -0.379 e. The quantitative estimate of drug-likeness (QED) is 0.743. The zero-order chi connectivity index (χ0) is 20.4. The fourth-order valence-electron chi connectivity index (χ4n) is 5.03. The zero-order valence-electron chi connectivity index (χ0n) is 17.2.